The molecule has 0 spiro atoms. The minimum absolute atomic E-state index is 0.0717. The highest BCUT2D eigenvalue weighted by Gasteiger charge is 2.54. The van der Waals surface area contributed by atoms with Gasteiger partial charge in [0.05, 0.1) is 36.7 Å². The average Bonchev–Trinajstić information content (AvgIpc) is 3.00. The van der Waals surface area contributed by atoms with E-state index < -0.39 is 6.10 Å². The number of ether oxygens (including phenoxy) is 1. The molecule has 0 saturated carbocycles. The second-order valence-electron chi connectivity index (χ2n) is 11.4. The Labute approximate surface area is 229 Å². The summed E-state index contributed by atoms with van der Waals surface area (Å²) in [6.45, 7) is 7.12. The molecule has 5 aromatic rings. The molecule has 3 aromatic carbocycles. The lowest BCUT2D eigenvalue weighted by atomic mass is 9.71. The number of aliphatic hydroxyl groups excluding tert-OH is 1. The second-order valence-corrected chi connectivity index (χ2v) is 11.4. The van der Waals surface area contributed by atoms with Gasteiger partial charge < -0.3 is 14.3 Å². The fraction of sp³-hybridized carbons (Fsp3) is 0.294. The number of methoxy groups -OCH3 is 1. The Hall–Kier alpha value is -3.80. The van der Waals surface area contributed by atoms with E-state index in [1.807, 2.05) is 30.5 Å². The van der Waals surface area contributed by atoms with E-state index in [1.54, 1.807) is 7.11 Å². The summed E-state index contributed by atoms with van der Waals surface area (Å²) in [5, 5.41) is 15.6. The molecule has 196 valence electrons. The van der Waals surface area contributed by atoms with Crippen LogP contribution in [0.25, 0.3) is 32.7 Å². The molecule has 5 nitrogen and oxygen atoms in total. The third kappa shape index (κ3) is 3.91. The van der Waals surface area contributed by atoms with Crippen molar-refractivity contribution in [3.8, 4) is 5.75 Å². The van der Waals surface area contributed by atoms with E-state index in [1.165, 1.54) is 16.3 Å². The summed E-state index contributed by atoms with van der Waals surface area (Å²) < 4.78 is 6.38. The van der Waals surface area contributed by atoms with Crippen molar-refractivity contribution >= 4 is 32.7 Å². The van der Waals surface area contributed by atoms with Crippen LogP contribution in [0.1, 0.15) is 30.1 Å². The molecule has 5 heteroatoms. The molecule has 0 aliphatic carbocycles. The van der Waals surface area contributed by atoms with Crippen molar-refractivity contribution in [3.63, 3.8) is 0 Å². The number of benzene rings is 3. The molecular weight excluding hydrogens is 482 g/mol. The molecule has 5 atom stereocenters. The number of nitrogens with zero attached hydrogens (tertiary/aromatic N) is 3. The van der Waals surface area contributed by atoms with Gasteiger partial charge in [-0.05, 0) is 47.9 Å². The number of piperidine rings is 3. The van der Waals surface area contributed by atoms with Crippen LogP contribution in [0.15, 0.2) is 91.6 Å². The molecule has 8 rings (SSSR count). The van der Waals surface area contributed by atoms with Crippen molar-refractivity contribution in [1.82, 2.24) is 9.97 Å². The van der Waals surface area contributed by atoms with Crippen molar-refractivity contribution in [2.45, 2.75) is 31.5 Å². The zero-order valence-electron chi connectivity index (χ0n) is 22.3. The van der Waals surface area contributed by atoms with E-state index in [2.05, 4.69) is 66.2 Å². The van der Waals surface area contributed by atoms with Gasteiger partial charge in [-0.15, -0.1) is 6.58 Å². The van der Waals surface area contributed by atoms with Gasteiger partial charge in [0.2, 0.25) is 0 Å². The largest absolute Gasteiger partial charge is 0.497 e. The zero-order valence-corrected chi connectivity index (χ0v) is 22.3. The van der Waals surface area contributed by atoms with Gasteiger partial charge in [-0.2, -0.15) is 0 Å². The molecule has 3 aliphatic heterocycles. The number of aliphatic hydroxyl groups is 1. The van der Waals surface area contributed by atoms with E-state index >= 15 is 0 Å². The number of quaternary nitrogens is 1. The first-order chi connectivity index (χ1) is 19.1. The number of rotatable bonds is 6. The minimum atomic E-state index is -0.615. The topological polar surface area (TPSA) is 55.2 Å². The maximum Gasteiger partial charge on any atom is 0.131 e. The molecule has 3 aliphatic rings. The van der Waals surface area contributed by atoms with Gasteiger partial charge >= 0.3 is 0 Å². The normalized spacial score (nSPS) is 25.2. The van der Waals surface area contributed by atoms with Gasteiger partial charge in [-0.1, -0.05) is 42.5 Å². The van der Waals surface area contributed by atoms with Gasteiger partial charge in [-0.3, -0.25) is 4.98 Å². The smallest absolute Gasteiger partial charge is 0.131 e. The summed E-state index contributed by atoms with van der Waals surface area (Å²) >= 11 is 0. The number of fused-ring (bicyclic) bond motifs is 6. The van der Waals surface area contributed by atoms with Crippen LogP contribution >= 0.6 is 0 Å². The van der Waals surface area contributed by atoms with E-state index in [9.17, 15) is 5.11 Å². The fourth-order valence-corrected chi connectivity index (χ4v) is 7.53. The quantitative estimate of drug-likeness (QED) is 0.157. The number of aromatic nitrogens is 2. The van der Waals surface area contributed by atoms with Crippen LogP contribution in [0.2, 0.25) is 0 Å². The van der Waals surface area contributed by atoms with Crippen LogP contribution in [0.4, 0.5) is 0 Å². The molecule has 3 saturated heterocycles. The highest BCUT2D eigenvalue weighted by Crippen LogP contribution is 2.49. The molecule has 0 amide bonds. The summed E-state index contributed by atoms with van der Waals surface area (Å²) in [5.41, 5.74) is 5.21. The summed E-state index contributed by atoms with van der Waals surface area (Å²) in [5.74, 6) is 1.78. The average molecular weight is 517 g/mol. The van der Waals surface area contributed by atoms with E-state index in [-0.39, 0.29) is 6.04 Å². The molecule has 4 unspecified atom stereocenters. The summed E-state index contributed by atoms with van der Waals surface area (Å²) in [6.07, 6.45) is 5.51. The number of hydrogen-bond donors (Lipinski definition) is 1. The van der Waals surface area contributed by atoms with Gasteiger partial charge in [0.15, 0.2) is 0 Å². The van der Waals surface area contributed by atoms with Crippen LogP contribution in [0, 0.1) is 11.8 Å². The lowest BCUT2D eigenvalue weighted by Crippen LogP contribution is -2.67. The molecular formula is C34H34N3O2+. The first kappa shape index (κ1) is 24.3. The van der Waals surface area contributed by atoms with Crippen LogP contribution in [-0.2, 0) is 6.54 Å². The van der Waals surface area contributed by atoms with Crippen LogP contribution in [0.3, 0.4) is 0 Å². The summed E-state index contributed by atoms with van der Waals surface area (Å²) in [7, 11) is 1.68. The first-order valence-electron chi connectivity index (χ1n) is 14.0. The van der Waals surface area contributed by atoms with Crippen molar-refractivity contribution in [3.05, 3.63) is 103 Å². The van der Waals surface area contributed by atoms with Gasteiger partial charge in [0, 0.05) is 46.7 Å². The Bertz CT molecular complexity index is 1660. The Morgan fingerprint density at radius 3 is 2.46 bits per heavy atom. The number of hydrogen-bond acceptors (Lipinski definition) is 4. The minimum Gasteiger partial charge on any atom is -0.497 e. The fourth-order valence-electron chi connectivity index (χ4n) is 7.53. The Kier molecular flexibility index (Phi) is 5.87. The van der Waals surface area contributed by atoms with Crippen molar-refractivity contribution in [2.75, 3.05) is 20.2 Å². The molecule has 39 heavy (non-hydrogen) atoms. The van der Waals surface area contributed by atoms with Crippen LogP contribution in [-0.4, -0.2) is 45.8 Å². The van der Waals surface area contributed by atoms with Gasteiger partial charge in [-0.25, -0.2) is 4.98 Å². The van der Waals surface area contributed by atoms with Crippen molar-refractivity contribution in [1.29, 1.82) is 0 Å². The highest BCUT2D eigenvalue weighted by molar-refractivity contribution is 5.97. The molecule has 0 radical (unpaired) electrons. The van der Waals surface area contributed by atoms with E-state index in [4.69, 9.17) is 9.72 Å². The van der Waals surface area contributed by atoms with Crippen molar-refractivity contribution < 1.29 is 14.3 Å². The van der Waals surface area contributed by atoms with E-state index in [0.717, 1.165) is 70.2 Å². The SMILES string of the molecule is C=CC1C[N+]2(Cc3c4ccccc4nc4ccccc34)CCC1C[C@H]2C(O)c1ccnc2ccc(OC)cc12. The van der Waals surface area contributed by atoms with Crippen LogP contribution in [0.5, 0.6) is 5.75 Å². The Morgan fingerprint density at radius 2 is 1.74 bits per heavy atom. The zero-order chi connectivity index (χ0) is 26.6. The third-order valence-corrected chi connectivity index (χ3v) is 9.51. The molecule has 5 heterocycles. The molecule has 2 aromatic heterocycles. The molecule has 2 bridgehead atoms. The van der Waals surface area contributed by atoms with Crippen LogP contribution < -0.4 is 4.74 Å². The molecule has 1 N–H and O–H groups in total. The summed E-state index contributed by atoms with van der Waals surface area (Å²) in [4.78, 5) is 9.56. The standard InChI is InChI=1S/C34H34N3O2/c1-3-22-20-37(21-29-25-8-4-6-10-31(25)36-32-11-7-5-9-26(29)32)17-15-23(22)18-33(37)34(38)27-14-16-35-30-13-12-24(39-2)19-28(27)30/h3-14,16,19,22-23,33-34,38H,1,15,17-18,20-21H2,2H3/q+1/t22?,23?,33-,34?,37?/m0/s1. The second kappa shape index (κ2) is 9.44. The summed E-state index contributed by atoms with van der Waals surface area (Å²) in [6, 6.07) is 25.0. The van der Waals surface area contributed by atoms with Crippen molar-refractivity contribution in [2.24, 2.45) is 11.8 Å². The Morgan fingerprint density at radius 1 is 1.00 bits per heavy atom. The Balaban J connectivity index is 1.39. The van der Waals surface area contributed by atoms with E-state index in [0.29, 0.717) is 11.8 Å². The lowest BCUT2D eigenvalue weighted by molar-refractivity contribution is -0.984. The monoisotopic (exact) mass is 516 g/mol. The maximum absolute atomic E-state index is 12.2. The van der Waals surface area contributed by atoms with Gasteiger partial charge in [0.25, 0.3) is 0 Å². The third-order valence-electron chi connectivity index (χ3n) is 9.51. The number of pyridine rings is 2. The lowest BCUT2D eigenvalue weighted by Gasteiger charge is -2.58. The predicted octanol–water partition coefficient (Wildman–Crippen LogP) is 6.59. The maximum atomic E-state index is 12.2. The van der Waals surface area contributed by atoms with Gasteiger partial charge in [0.1, 0.15) is 24.4 Å². The predicted molar refractivity (Wildman–Crippen MR) is 156 cm³/mol. The first-order valence-corrected chi connectivity index (χ1v) is 14.0. The molecule has 3 fully saturated rings. The highest BCUT2D eigenvalue weighted by atomic mass is 16.5. The number of para-hydroxylation sites is 2.